The Labute approximate surface area is 364 Å². The van der Waals surface area contributed by atoms with Crippen LogP contribution in [0.1, 0.15) is 94.3 Å². The molecule has 0 saturated carbocycles. The lowest BCUT2D eigenvalue weighted by Crippen LogP contribution is -2.27. The Morgan fingerprint density at radius 1 is 0.780 bits per heavy atom. The fraction of sp³-hybridized carbons (Fsp3) is 0.400. The van der Waals surface area contributed by atoms with Crippen LogP contribution in [0.5, 0.6) is 5.75 Å². The number of unbranched alkanes of at least 4 members (excludes halogenated alkanes) is 10. The third-order valence-corrected chi connectivity index (χ3v) is 13.7. The molecule has 2 aromatic rings. The van der Waals surface area contributed by atoms with Crippen LogP contribution in [0.25, 0.3) is 33.4 Å². The maximum Gasteiger partial charge on any atom is 0.345 e. The molecule has 1 aliphatic carbocycles. The van der Waals surface area contributed by atoms with Gasteiger partial charge in [0, 0.05) is 22.1 Å². The van der Waals surface area contributed by atoms with E-state index in [1.807, 2.05) is 90.4 Å². The number of ether oxygens (including phenoxy) is 1. The third-order valence-electron chi connectivity index (χ3n) is 8.34. The number of fused-ring (bicyclic) bond motifs is 2. The number of halogens is 8. The Kier molecular flexibility index (Phi) is 16.7. The molecule has 1 atom stereocenters. The maximum absolute atomic E-state index is 14.1. The highest BCUT2D eigenvalue weighted by Gasteiger charge is 2.34. The highest BCUT2D eigenvalue weighted by atomic mass is 127. The first-order valence-corrected chi connectivity index (χ1v) is 21.8. The first-order chi connectivity index (χ1) is 23.7. The summed E-state index contributed by atoms with van der Waals surface area (Å²) in [6.45, 7) is 2.21. The van der Waals surface area contributed by atoms with E-state index in [0.29, 0.717) is 33.6 Å². The fourth-order valence-electron chi connectivity index (χ4n) is 5.74. The lowest BCUT2D eigenvalue weighted by atomic mass is 9.90. The van der Waals surface area contributed by atoms with Gasteiger partial charge in [0.2, 0.25) is 5.43 Å². The number of carboxylic acid groups (broad SMARTS) is 1. The molecule has 0 spiro atoms. The summed E-state index contributed by atoms with van der Waals surface area (Å²) in [7, 11) is 0. The number of esters is 1. The van der Waals surface area contributed by atoms with Gasteiger partial charge in [-0.25, -0.2) is 9.59 Å². The first kappa shape index (κ1) is 42.7. The molecular weight excluding hydrogens is 1180 g/mol. The molecule has 2 N–H and O–H groups in total. The average Bonchev–Trinajstić information content (AvgIpc) is 3.08. The van der Waals surface area contributed by atoms with Crippen LogP contribution < -0.4 is 5.43 Å². The molecule has 2 aliphatic rings. The predicted molar refractivity (Wildman–Crippen MR) is 235 cm³/mol. The summed E-state index contributed by atoms with van der Waals surface area (Å²) < 4.78 is 13.3. The van der Waals surface area contributed by atoms with Gasteiger partial charge in [-0.3, -0.25) is 4.79 Å². The summed E-state index contributed by atoms with van der Waals surface area (Å²) in [5.74, 6) is -2.22. The number of aliphatic carboxylic acids is 1. The van der Waals surface area contributed by atoms with Crippen molar-refractivity contribution in [1.29, 1.82) is 0 Å². The normalized spacial score (nSPS) is 12.2. The Hall–Kier alpha value is -0.0500. The van der Waals surface area contributed by atoms with Crippen LogP contribution in [0.15, 0.2) is 21.3 Å². The zero-order valence-corrected chi connectivity index (χ0v) is 38.3. The second kappa shape index (κ2) is 19.5. The second-order valence-corrected chi connectivity index (χ2v) is 17.8. The minimum absolute atomic E-state index is 0.0169. The number of hydrogen-bond acceptors (Lipinski definition) is 6. The van der Waals surface area contributed by atoms with E-state index in [9.17, 15) is 24.6 Å². The van der Waals surface area contributed by atoms with Gasteiger partial charge >= 0.3 is 11.9 Å². The summed E-state index contributed by atoms with van der Waals surface area (Å²) in [5, 5.41) is 20.5. The molecule has 0 bridgehead atoms. The van der Waals surface area contributed by atoms with Gasteiger partial charge < -0.3 is 19.4 Å². The van der Waals surface area contributed by atoms with Crippen LogP contribution in [-0.2, 0) is 9.53 Å². The van der Waals surface area contributed by atoms with Crippen molar-refractivity contribution < 1.29 is 29.0 Å². The van der Waals surface area contributed by atoms with Crippen LogP contribution in [0.3, 0.4) is 0 Å². The maximum atomic E-state index is 14.1. The lowest BCUT2D eigenvalue weighted by Gasteiger charge is -2.23. The minimum atomic E-state index is -1.46. The molecule has 15 heteroatoms. The van der Waals surface area contributed by atoms with Gasteiger partial charge in [0.1, 0.15) is 9.32 Å². The predicted octanol–water partition coefficient (Wildman–Crippen LogP) is 13.6. The van der Waals surface area contributed by atoms with Crippen molar-refractivity contribution in [3.05, 3.63) is 62.3 Å². The fourth-order valence-corrected chi connectivity index (χ4v) is 10.3. The first-order valence-electron chi connectivity index (χ1n) is 16.0. The van der Waals surface area contributed by atoms with Crippen molar-refractivity contribution >= 4 is 160 Å². The quantitative estimate of drug-likeness (QED) is 0.0287. The van der Waals surface area contributed by atoms with Crippen molar-refractivity contribution in [2.24, 2.45) is 0 Å². The SMILES string of the molecule is CCCCCCCCCCCCCC(OC(=O)c1c(Cl)c(Cl)c(Cl)c(Cl)c1-c1c2cc(I)c(=O)c(I)c-2oc2c(I)c(O)c(I)cc12)C(=O)O. The minimum Gasteiger partial charge on any atom is -0.506 e. The average molecular weight is 1210 g/mol. The van der Waals surface area contributed by atoms with E-state index in [-0.39, 0.29) is 63.7 Å². The molecule has 7 nitrogen and oxygen atoms in total. The summed E-state index contributed by atoms with van der Waals surface area (Å²) >= 11 is 34.4. The molecule has 0 aromatic heterocycles. The number of carboxylic acids is 1. The van der Waals surface area contributed by atoms with Gasteiger partial charge in [-0.05, 0) is 115 Å². The summed E-state index contributed by atoms with van der Waals surface area (Å²) in [6.07, 6.45) is 10.7. The van der Waals surface area contributed by atoms with Crippen LogP contribution in [-0.4, -0.2) is 28.3 Å². The van der Waals surface area contributed by atoms with Crippen molar-refractivity contribution in [3.8, 4) is 28.2 Å². The Bertz CT molecular complexity index is 1950. The molecule has 1 heterocycles. The topological polar surface area (TPSA) is 114 Å². The molecule has 50 heavy (non-hydrogen) atoms. The number of phenols is 1. The lowest BCUT2D eigenvalue weighted by molar-refractivity contribution is -0.147. The van der Waals surface area contributed by atoms with Crippen LogP contribution >= 0.6 is 137 Å². The zero-order valence-electron chi connectivity index (χ0n) is 26.7. The molecule has 4 rings (SSSR count). The highest BCUT2D eigenvalue weighted by Crippen LogP contribution is 2.52. The van der Waals surface area contributed by atoms with E-state index >= 15 is 0 Å². The Morgan fingerprint density at radius 2 is 1.34 bits per heavy atom. The zero-order chi connectivity index (χ0) is 36.9. The van der Waals surface area contributed by atoms with E-state index in [4.69, 9.17) is 55.6 Å². The second-order valence-electron chi connectivity index (χ2n) is 11.8. The van der Waals surface area contributed by atoms with Gasteiger partial charge in [-0.15, -0.1) is 0 Å². The molecule has 270 valence electrons. The third kappa shape index (κ3) is 9.60. The number of carbonyl (C=O) groups is 2. The van der Waals surface area contributed by atoms with Crippen LogP contribution in [0.4, 0.5) is 0 Å². The van der Waals surface area contributed by atoms with Gasteiger partial charge in [-0.2, -0.15) is 0 Å². The van der Waals surface area contributed by atoms with E-state index in [1.165, 1.54) is 38.5 Å². The number of carbonyl (C=O) groups excluding carboxylic acids is 1. The van der Waals surface area contributed by atoms with Gasteiger partial charge in [0.15, 0.2) is 17.4 Å². The molecule has 0 amide bonds. The Balaban J connectivity index is 1.74. The molecular formula is C35H32Cl4I4O7. The molecule has 0 radical (unpaired) electrons. The van der Waals surface area contributed by atoms with E-state index < -0.39 is 18.0 Å². The molecule has 2 aromatic carbocycles. The Morgan fingerprint density at radius 3 is 1.92 bits per heavy atom. The molecule has 0 saturated heterocycles. The molecule has 1 aliphatic heterocycles. The van der Waals surface area contributed by atoms with Crippen molar-refractivity contribution in [1.82, 2.24) is 0 Å². The number of rotatable bonds is 16. The van der Waals surface area contributed by atoms with E-state index in [0.717, 1.165) is 25.7 Å². The summed E-state index contributed by atoms with van der Waals surface area (Å²) in [4.78, 5) is 39.4. The molecule has 0 fully saturated rings. The van der Waals surface area contributed by atoms with Gasteiger partial charge in [0.25, 0.3) is 0 Å². The van der Waals surface area contributed by atoms with Crippen LogP contribution in [0.2, 0.25) is 20.1 Å². The highest BCUT2D eigenvalue weighted by molar-refractivity contribution is 14.1. The smallest absolute Gasteiger partial charge is 0.345 e. The van der Waals surface area contributed by atoms with Crippen molar-refractivity contribution in [2.75, 3.05) is 0 Å². The van der Waals surface area contributed by atoms with Gasteiger partial charge in [-0.1, -0.05) is 118 Å². The standard InChI is InChI=1S/C35H32Cl4I4O7/c1-2-3-4-5-6-7-8-9-10-11-12-13-20(34(46)47)49-35(48)23-22(24(36)26(38)27(39)25(23)37)21-16-14-18(40)30(44)28(42)32(16)50-33-17(21)15-19(41)31(45)29(33)43/h14-15,20,44H,2-13H2,1H3,(H,46,47). The van der Waals surface area contributed by atoms with E-state index in [1.54, 1.807) is 12.1 Å². The number of aromatic hydroxyl groups is 1. The van der Waals surface area contributed by atoms with Crippen molar-refractivity contribution in [2.45, 2.75) is 90.1 Å². The summed E-state index contributed by atoms with van der Waals surface area (Å²) in [6, 6.07) is 3.24. The van der Waals surface area contributed by atoms with E-state index in [2.05, 4.69) is 6.92 Å². The monoisotopic (exact) mass is 1210 g/mol. The summed E-state index contributed by atoms with van der Waals surface area (Å²) in [5.41, 5.74) is 0.360. The largest absolute Gasteiger partial charge is 0.506 e. The molecule has 1 unspecified atom stereocenters. The van der Waals surface area contributed by atoms with Gasteiger partial charge in [0.05, 0.1) is 36.4 Å². The van der Waals surface area contributed by atoms with Crippen LogP contribution in [0, 0.1) is 14.3 Å². The number of benzene rings is 3. The number of phenolic OH excluding ortho intramolecular Hbond substituents is 1. The number of hydrogen-bond donors (Lipinski definition) is 2. The van der Waals surface area contributed by atoms with Crippen molar-refractivity contribution in [3.63, 3.8) is 0 Å².